The van der Waals surface area contributed by atoms with Crippen molar-refractivity contribution < 1.29 is 14.3 Å². The Morgan fingerprint density at radius 2 is 1.94 bits per heavy atom. The van der Waals surface area contributed by atoms with E-state index >= 15 is 0 Å². The summed E-state index contributed by atoms with van der Waals surface area (Å²) in [6.07, 6.45) is 3.54. The minimum atomic E-state index is -0.868. The van der Waals surface area contributed by atoms with E-state index in [2.05, 4.69) is 18.6 Å². The molecule has 4 heteroatoms. The van der Waals surface area contributed by atoms with Gasteiger partial charge in [-0.15, -0.1) is 0 Å². The zero-order chi connectivity index (χ0) is 13.3. The van der Waals surface area contributed by atoms with Gasteiger partial charge < -0.3 is 15.2 Å². The molecule has 0 aliphatic carbocycles. The number of carbonyl (C=O) groups is 1. The summed E-state index contributed by atoms with van der Waals surface area (Å²) in [6, 6.07) is 0. The molecule has 1 atom stereocenters. The van der Waals surface area contributed by atoms with Crippen molar-refractivity contribution in [3.63, 3.8) is 0 Å². The van der Waals surface area contributed by atoms with Gasteiger partial charge in [-0.25, -0.2) is 0 Å². The van der Waals surface area contributed by atoms with Gasteiger partial charge in [0.05, 0.1) is 7.11 Å². The molecule has 0 aliphatic heterocycles. The fourth-order valence-corrected chi connectivity index (χ4v) is 1.45. The highest BCUT2D eigenvalue weighted by Gasteiger charge is 2.28. The highest BCUT2D eigenvalue weighted by molar-refractivity contribution is 5.79. The fourth-order valence-electron chi connectivity index (χ4n) is 1.45. The fraction of sp³-hybridized carbons (Fsp3) is 0.923. The van der Waals surface area contributed by atoms with E-state index in [1.165, 1.54) is 7.11 Å². The number of methoxy groups -OCH3 is 1. The molecule has 0 saturated heterocycles. The van der Waals surface area contributed by atoms with Gasteiger partial charge in [-0.3, -0.25) is 4.79 Å². The third-order valence-corrected chi connectivity index (χ3v) is 2.73. The molecule has 2 N–H and O–H groups in total. The number of hydrogen-bond donors (Lipinski definition) is 1. The molecular weight excluding hydrogens is 218 g/mol. The van der Waals surface area contributed by atoms with Gasteiger partial charge in [-0.2, -0.15) is 0 Å². The molecule has 1 unspecified atom stereocenters. The molecule has 102 valence electrons. The Morgan fingerprint density at radius 1 is 1.29 bits per heavy atom. The maximum Gasteiger partial charge on any atom is 0.325 e. The Hall–Kier alpha value is -0.610. The third kappa shape index (κ3) is 8.16. The van der Waals surface area contributed by atoms with Crippen LogP contribution in [0.2, 0.25) is 0 Å². The van der Waals surface area contributed by atoms with Crippen molar-refractivity contribution in [3.05, 3.63) is 0 Å². The lowest BCUT2D eigenvalue weighted by Crippen LogP contribution is -2.45. The van der Waals surface area contributed by atoms with Crippen molar-refractivity contribution in [2.75, 3.05) is 20.3 Å². The first-order valence-corrected chi connectivity index (χ1v) is 6.35. The number of nitrogens with two attached hydrogens (primary N) is 1. The number of hydrogen-bond acceptors (Lipinski definition) is 4. The molecule has 0 heterocycles. The lowest BCUT2D eigenvalue weighted by Gasteiger charge is -2.21. The van der Waals surface area contributed by atoms with E-state index in [1.54, 1.807) is 6.92 Å². The first kappa shape index (κ1) is 16.4. The van der Waals surface area contributed by atoms with Gasteiger partial charge in [0.1, 0.15) is 5.54 Å². The molecule has 0 radical (unpaired) electrons. The summed E-state index contributed by atoms with van der Waals surface area (Å²) in [5, 5.41) is 0. The molecule has 0 aliphatic rings. The molecule has 0 bridgehead atoms. The standard InChI is InChI=1S/C13H27NO3/c1-11(2)7-10-17-9-6-5-8-13(3,14)12(15)16-4/h11H,5-10,14H2,1-4H3. The van der Waals surface area contributed by atoms with Crippen LogP contribution in [0.25, 0.3) is 0 Å². The van der Waals surface area contributed by atoms with Crippen LogP contribution in [0.5, 0.6) is 0 Å². The topological polar surface area (TPSA) is 61.5 Å². The van der Waals surface area contributed by atoms with Crippen molar-refractivity contribution in [2.45, 2.75) is 52.0 Å². The maximum atomic E-state index is 11.3. The predicted octanol–water partition coefficient (Wildman–Crippen LogP) is 2.11. The lowest BCUT2D eigenvalue weighted by atomic mass is 9.96. The van der Waals surface area contributed by atoms with Gasteiger partial charge >= 0.3 is 5.97 Å². The Balaban J connectivity index is 3.48. The molecule has 0 spiro atoms. The van der Waals surface area contributed by atoms with Crippen LogP contribution in [0.4, 0.5) is 0 Å². The number of carbonyl (C=O) groups excluding carboxylic acids is 1. The van der Waals surface area contributed by atoms with E-state index < -0.39 is 5.54 Å². The van der Waals surface area contributed by atoms with E-state index in [-0.39, 0.29) is 5.97 Å². The molecule has 0 saturated carbocycles. The molecule has 0 aromatic heterocycles. The second-order valence-electron chi connectivity index (χ2n) is 5.16. The first-order valence-electron chi connectivity index (χ1n) is 6.35. The zero-order valence-electron chi connectivity index (χ0n) is 11.6. The van der Waals surface area contributed by atoms with Gasteiger partial charge in [0.25, 0.3) is 0 Å². The predicted molar refractivity (Wildman–Crippen MR) is 68.7 cm³/mol. The van der Waals surface area contributed by atoms with Crippen molar-refractivity contribution in [2.24, 2.45) is 11.7 Å². The Morgan fingerprint density at radius 3 is 2.47 bits per heavy atom. The molecule has 4 nitrogen and oxygen atoms in total. The van der Waals surface area contributed by atoms with E-state index in [0.717, 1.165) is 32.5 Å². The highest BCUT2D eigenvalue weighted by atomic mass is 16.5. The summed E-state index contributed by atoms with van der Waals surface area (Å²) in [7, 11) is 1.36. The number of rotatable bonds is 9. The second-order valence-corrected chi connectivity index (χ2v) is 5.16. The molecule has 17 heavy (non-hydrogen) atoms. The number of unbranched alkanes of at least 4 members (excludes halogenated alkanes) is 1. The van der Waals surface area contributed by atoms with Gasteiger partial charge in [0.2, 0.25) is 0 Å². The summed E-state index contributed by atoms with van der Waals surface area (Å²) in [6.45, 7) is 7.62. The summed E-state index contributed by atoms with van der Waals surface area (Å²) in [5.74, 6) is 0.333. The van der Waals surface area contributed by atoms with Crippen LogP contribution in [-0.2, 0) is 14.3 Å². The monoisotopic (exact) mass is 245 g/mol. The molecule has 0 rings (SSSR count). The Bertz CT molecular complexity index is 215. The highest BCUT2D eigenvalue weighted by Crippen LogP contribution is 2.12. The Labute approximate surface area is 105 Å². The second kappa shape index (κ2) is 8.48. The van der Waals surface area contributed by atoms with Crippen LogP contribution in [-0.4, -0.2) is 31.8 Å². The Kier molecular flexibility index (Phi) is 8.17. The van der Waals surface area contributed by atoms with Crippen molar-refractivity contribution >= 4 is 5.97 Å². The van der Waals surface area contributed by atoms with Crippen molar-refractivity contribution in [1.29, 1.82) is 0 Å². The average molecular weight is 245 g/mol. The average Bonchev–Trinajstić information content (AvgIpc) is 2.26. The first-order chi connectivity index (χ1) is 7.90. The minimum Gasteiger partial charge on any atom is -0.468 e. The van der Waals surface area contributed by atoms with Crippen molar-refractivity contribution in [1.82, 2.24) is 0 Å². The maximum absolute atomic E-state index is 11.3. The summed E-state index contributed by atoms with van der Waals surface area (Å²) < 4.78 is 10.1. The largest absolute Gasteiger partial charge is 0.468 e. The summed E-state index contributed by atoms with van der Waals surface area (Å²) >= 11 is 0. The van der Waals surface area contributed by atoms with Crippen LogP contribution in [0, 0.1) is 5.92 Å². The van der Waals surface area contributed by atoms with Crippen molar-refractivity contribution in [3.8, 4) is 0 Å². The van der Waals surface area contributed by atoms with Gasteiger partial charge in [0.15, 0.2) is 0 Å². The normalized spacial score (nSPS) is 14.7. The van der Waals surface area contributed by atoms with Crippen LogP contribution in [0.3, 0.4) is 0 Å². The lowest BCUT2D eigenvalue weighted by molar-refractivity contribution is -0.146. The van der Waals surface area contributed by atoms with Gasteiger partial charge in [0, 0.05) is 13.2 Å². The zero-order valence-corrected chi connectivity index (χ0v) is 11.6. The minimum absolute atomic E-state index is 0.349. The van der Waals surface area contributed by atoms with E-state index in [1.807, 2.05) is 0 Å². The van der Waals surface area contributed by atoms with Gasteiger partial charge in [-0.1, -0.05) is 13.8 Å². The summed E-state index contributed by atoms with van der Waals surface area (Å²) in [4.78, 5) is 11.3. The number of ether oxygens (including phenoxy) is 2. The number of esters is 1. The van der Waals surface area contributed by atoms with E-state index in [4.69, 9.17) is 10.5 Å². The molecule has 0 amide bonds. The van der Waals surface area contributed by atoms with Crippen LogP contribution in [0.1, 0.15) is 46.5 Å². The smallest absolute Gasteiger partial charge is 0.325 e. The molecule has 0 aromatic carbocycles. The third-order valence-electron chi connectivity index (χ3n) is 2.73. The van der Waals surface area contributed by atoms with Gasteiger partial charge in [-0.05, 0) is 38.5 Å². The van der Waals surface area contributed by atoms with E-state index in [9.17, 15) is 4.79 Å². The molecule has 0 fully saturated rings. The van der Waals surface area contributed by atoms with Crippen LogP contribution in [0.15, 0.2) is 0 Å². The van der Waals surface area contributed by atoms with Crippen LogP contribution >= 0.6 is 0 Å². The molecular formula is C13H27NO3. The SMILES string of the molecule is COC(=O)C(C)(N)CCCCOCCC(C)C. The van der Waals surface area contributed by atoms with Crippen LogP contribution < -0.4 is 5.73 Å². The summed E-state index contributed by atoms with van der Waals surface area (Å²) in [5.41, 5.74) is 4.97. The molecule has 0 aromatic rings. The van der Waals surface area contributed by atoms with E-state index in [0.29, 0.717) is 12.3 Å². The quantitative estimate of drug-likeness (QED) is 0.499.